The Morgan fingerprint density at radius 2 is 0.805 bits per heavy atom. The van der Waals surface area contributed by atoms with Gasteiger partial charge in [-0.3, -0.25) is 4.79 Å². The van der Waals surface area contributed by atoms with Gasteiger partial charge in [0.25, 0.3) is 0 Å². The van der Waals surface area contributed by atoms with Crippen molar-refractivity contribution in [3.05, 3.63) is 11.6 Å². The van der Waals surface area contributed by atoms with Crippen molar-refractivity contribution in [1.29, 1.82) is 0 Å². The molecule has 0 aliphatic heterocycles. The molecule has 0 radical (unpaired) electrons. The summed E-state index contributed by atoms with van der Waals surface area (Å²) in [6.07, 6.45) is 44.5. The van der Waals surface area contributed by atoms with E-state index in [0.29, 0.717) is 0 Å². The topological polar surface area (TPSA) is 37.3 Å². The van der Waals surface area contributed by atoms with Gasteiger partial charge in [0.2, 0.25) is 0 Å². The van der Waals surface area contributed by atoms with Crippen molar-refractivity contribution in [3.8, 4) is 0 Å². The highest BCUT2D eigenvalue weighted by molar-refractivity contribution is 5.69. The van der Waals surface area contributed by atoms with Crippen LogP contribution in [0.15, 0.2) is 11.6 Å². The van der Waals surface area contributed by atoms with Crippen LogP contribution < -0.4 is 0 Å². The summed E-state index contributed by atoms with van der Waals surface area (Å²) in [5.74, 6) is -0.666. The fraction of sp³-hybridized carbons (Fsp3) is 0.923. The number of carboxylic acids is 1. The number of carbonyl (C=O) groups is 1. The molecule has 0 aliphatic carbocycles. The molecule has 1 unspecified atom stereocenters. The van der Waals surface area contributed by atoms with E-state index in [0.717, 1.165) is 25.7 Å². The summed E-state index contributed by atoms with van der Waals surface area (Å²) >= 11 is 0. The molecule has 0 rings (SSSR count). The van der Waals surface area contributed by atoms with Crippen LogP contribution in [-0.2, 0) is 4.79 Å². The zero-order valence-electron chi connectivity index (χ0n) is 28.6. The second-order valence-corrected chi connectivity index (χ2v) is 13.4. The molecule has 244 valence electrons. The number of carboxylic acid groups (broad SMARTS) is 1. The highest BCUT2D eigenvalue weighted by atomic mass is 16.4. The SMILES string of the molecule is CCCCCCCCCCCCCCCCC(CCCCCCCCCCC=C(C)CCCCCCCC)C(=O)O. The predicted molar refractivity (Wildman–Crippen MR) is 184 cm³/mol. The number of allylic oxidation sites excluding steroid dienone is 2. The summed E-state index contributed by atoms with van der Waals surface area (Å²) in [5, 5.41) is 9.63. The first-order chi connectivity index (χ1) is 20.1. The van der Waals surface area contributed by atoms with Gasteiger partial charge in [-0.05, 0) is 45.4 Å². The van der Waals surface area contributed by atoms with Gasteiger partial charge in [0, 0.05) is 0 Å². The highest BCUT2D eigenvalue weighted by Gasteiger charge is 2.16. The minimum atomic E-state index is -0.559. The monoisotopic (exact) mass is 577 g/mol. The fourth-order valence-electron chi connectivity index (χ4n) is 6.21. The second-order valence-electron chi connectivity index (χ2n) is 13.4. The fourth-order valence-corrected chi connectivity index (χ4v) is 6.21. The maximum atomic E-state index is 11.7. The Balaban J connectivity index is 3.49. The molecule has 0 aromatic carbocycles. The van der Waals surface area contributed by atoms with E-state index >= 15 is 0 Å². The summed E-state index contributed by atoms with van der Waals surface area (Å²) in [4.78, 5) is 11.7. The number of hydrogen-bond acceptors (Lipinski definition) is 1. The molecule has 1 N–H and O–H groups in total. The van der Waals surface area contributed by atoms with E-state index in [2.05, 4.69) is 26.8 Å². The summed E-state index contributed by atoms with van der Waals surface area (Å²) in [6, 6.07) is 0. The van der Waals surface area contributed by atoms with E-state index in [1.165, 1.54) is 180 Å². The first-order valence-electron chi connectivity index (χ1n) is 19.0. The van der Waals surface area contributed by atoms with Crippen molar-refractivity contribution >= 4 is 5.97 Å². The van der Waals surface area contributed by atoms with E-state index in [-0.39, 0.29) is 5.92 Å². The minimum absolute atomic E-state index is 0.107. The van der Waals surface area contributed by atoms with Crippen LogP contribution in [0.4, 0.5) is 0 Å². The van der Waals surface area contributed by atoms with Gasteiger partial charge in [0.15, 0.2) is 0 Å². The molecule has 0 aromatic rings. The third kappa shape index (κ3) is 32.0. The molecule has 0 aromatic heterocycles. The molecule has 0 saturated carbocycles. The summed E-state index contributed by atoms with van der Waals surface area (Å²) < 4.78 is 0. The van der Waals surface area contributed by atoms with Crippen LogP contribution in [0.3, 0.4) is 0 Å². The lowest BCUT2D eigenvalue weighted by Crippen LogP contribution is -2.13. The van der Waals surface area contributed by atoms with Gasteiger partial charge in [-0.25, -0.2) is 0 Å². The largest absolute Gasteiger partial charge is 0.481 e. The van der Waals surface area contributed by atoms with Gasteiger partial charge < -0.3 is 5.11 Å². The summed E-state index contributed by atoms with van der Waals surface area (Å²) in [7, 11) is 0. The van der Waals surface area contributed by atoms with Crippen molar-refractivity contribution in [2.75, 3.05) is 0 Å². The molecule has 2 nitrogen and oxygen atoms in total. The maximum absolute atomic E-state index is 11.7. The molecule has 0 fully saturated rings. The Hall–Kier alpha value is -0.790. The van der Waals surface area contributed by atoms with E-state index in [1.807, 2.05) is 0 Å². The number of aliphatic carboxylic acids is 1. The van der Waals surface area contributed by atoms with Crippen LogP contribution in [0, 0.1) is 5.92 Å². The van der Waals surface area contributed by atoms with Crippen LogP contribution in [0.25, 0.3) is 0 Å². The number of unbranched alkanes of at least 4 members (excludes halogenated alkanes) is 26. The average Bonchev–Trinajstić information content (AvgIpc) is 2.96. The van der Waals surface area contributed by atoms with Gasteiger partial charge in [-0.1, -0.05) is 192 Å². The number of hydrogen-bond donors (Lipinski definition) is 1. The van der Waals surface area contributed by atoms with Gasteiger partial charge in [-0.15, -0.1) is 0 Å². The van der Waals surface area contributed by atoms with Crippen LogP contribution >= 0.6 is 0 Å². The highest BCUT2D eigenvalue weighted by Crippen LogP contribution is 2.20. The lowest BCUT2D eigenvalue weighted by Gasteiger charge is -2.12. The first-order valence-corrected chi connectivity index (χ1v) is 19.0. The van der Waals surface area contributed by atoms with Crippen LogP contribution in [0.2, 0.25) is 0 Å². The maximum Gasteiger partial charge on any atom is 0.306 e. The molecule has 0 saturated heterocycles. The van der Waals surface area contributed by atoms with Crippen LogP contribution in [0.5, 0.6) is 0 Å². The Morgan fingerprint density at radius 3 is 1.17 bits per heavy atom. The Bertz CT molecular complexity index is 552. The standard InChI is InChI=1S/C39H76O2/c1-4-6-8-10-12-13-14-15-16-17-20-23-27-31-35-38(39(40)41)36-32-28-24-21-18-19-22-26-30-34-37(3)33-29-25-11-9-7-5-2/h34,38H,4-33,35-36H2,1-3H3,(H,40,41). The lowest BCUT2D eigenvalue weighted by molar-refractivity contribution is -0.142. The molecule has 0 aliphatic rings. The summed E-state index contributed by atoms with van der Waals surface area (Å²) in [6.45, 7) is 6.89. The van der Waals surface area contributed by atoms with Gasteiger partial charge in [-0.2, -0.15) is 0 Å². The van der Waals surface area contributed by atoms with Crippen molar-refractivity contribution in [2.24, 2.45) is 5.92 Å². The Kier molecular flexibility index (Phi) is 33.1. The molecular weight excluding hydrogens is 500 g/mol. The van der Waals surface area contributed by atoms with Gasteiger partial charge in [0.05, 0.1) is 5.92 Å². The van der Waals surface area contributed by atoms with Gasteiger partial charge >= 0.3 is 5.97 Å². The molecular formula is C39H76O2. The second kappa shape index (κ2) is 33.7. The van der Waals surface area contributed by atoms with Crippen molar-refractivity contribution < 1.29 is 9.90 Å². The molecule has 41 heavy (non-hydrogen) atoms. The quantitative estimate of drug-likeness (QED) is 0.0611. The smallest absolute Gasteiger partial charge is 0.306 e. The first kappa shape index (κ1) is 40.2. The third-order valence-corrected chi connectivity index (χ3v) is 9.18. The minimum Gasteiger partial charge on any atom is -0.481 e. The van der Waals surface area contributed by atoms with E-state index < -0.39 is 5.97 Å². The van der Waals surface area contributed by atoms with Crippen molar-refractivity contribution in [1.82, 2.24) is 0 Å². The van der Waals surface area contributed by atoms with E-state index in [1.54, 1.807) is 5.57 Å². The summed E-state index contributed by atoms with van der Waals surface area (Å²) in [5.41, 5.74) is 1.60. The third-order valence-electron chi connectivity index (χ3n) is 9.18. The molecule has 0 heterocycles. The predicted octanol–water partition coefficient (Wildman–Crippen LogP) is 14.2. The van der Waals surface area contributed by atoms with E-state index in [4.69, 9.17) is 0 Å². The normalized spacial score (nSPS) is 12.7. The Labute approximate surface area is 259 Å². The van der Waals surface area contributed by atoms with Crippen molar-refractivity contribution in [2.45, 2.75) is 226 Å². The molecule has 0 amide bonds. The Morgan fingerprint density at radius 1 is 0.488 bits per heavy atom. The van der Waals surface area contributed by atoms with E-state index in [9.17, 15) is 9.90 Å². The number of rotatable bonds is 34. The zero-order valence-corrected chi connectivity index (χ0v) is 28.6. The average molecular weight is 577 g/mol. The van der Waals surface area contributed by atoms with Crippen LogP contribution in [0.1, 0.15) is 226 Å². The molecule has 0 spiro atoms. The lowest BCUT2D eigenvalue weighted by atomic mass is 9.94. The molecule has 2 heteroatoms. The van der Waals surface area contributed by atoms with Gasteiger partial charge in [0.1, 0.15) is 0 Å². The molecule has 1 atom stereocenters. The van der Waals surface area contributed by atoms with Crippen LogP contribution in [-0.4, -0.2) is 11.1 Å². The molecule has 0 bridgehead atoms. The zero-order chi connectivity index (χ0) is 30.1. The van der Waals surface area contributed by atoms with Crippen molar-refractivity contribution in [3.63, 3.8) is 0 Å².